The molecule has 0 heterocycles. The van der Waals surface area contributed by atoms with E-state index in [1.807, 2.05) is 0 Å². The lowest BCUT2D eigenvalue weighted by molar-refractivity contribution is 0.0449. The maximum absolute atomic E-state index is 5.66. The highest BCUT2D eigenvalue weighted by Gasteiger charge is 1.95. The maximum atomic E-state index is 5.66. The minimum absolute atomic E-state index is 0.769. The van der Waals surface area contributed by atoms with Gasteiger partial charge in [-0.3, -0.25) is 0 Å². The van der Waals surface area contributed by atoms with E-state index in [0.717, 1.165) is 26.4 Å². The lowest BCUT2D eigenvalue weighted by atomic mass is 10.0. The molecule has 0 aliphatic carbocycles. The van der Waals surface area contributed by atoms with Crippen molar-refractivity contribution in [2.45, 2.75) is 142 Å². The molecule has 2 heteroatoms. The predicted molar refractivity (Wildman–Crippen MR) is 125 cm³/mol. The lowest BCUT2D eigenvalue weighted by Gasteiger charge is -2.06. The summed E-state index contributed by atoms with van der Waals surface area (Å²) in [5, 5.41) is 0. The summed E-state index contributed by atoms with van der Waals surface area (Å²) < 4.78 is 11.2. The van der Waals surface area contributed by atoms with Crippen molar-refractivity contribution >= 4 is 0 Å². The minimum atomic E-state index is 0.769. The molecule has 0 aromatic heterocycles. The van der Waals surface area contributed by atoms with E-state index >= 15 is 0 Å². The molecule has 0 aliphatic heterocycles. The van der Waals surface area contributed by atoms with Gasteiger partial charge in [0.2, 0.25) is 0 Å². The van der Waals surface area contributed by atoms with Gasteiger partial charge in [-0.2, -0.15) is 0 Å². The predicted octanol–water partition coefficient (Wildman–Crippen LogP) is 8.86. The molecule has 0 bridgehead atoms. The van der Waals surface area contributed by atoms with Crippen molar-refractivity contribution in [3.8, 4) is 0 Å². The quantitative estimate of drug-likeness (QED) is 0.143. The molecule has 0 aromatic rings. The van der Waals surface area contributed by atoms with Crippen molar-refractivity contribution in [2.24, 2.45) is 0 Å². The fourth-order valence-electron chi connectivity index (χ4n) is 3.71. The summed E-state index contributed by atoms with van der Waals surface area (Å²) in [4.78, 5) is 0. The Kier molecular flexibility index (Phi) is 26.8. The molecule has 0 saturated carbocycles. The van der Waals surface area contributed by atoms with Crippen LogP contribution in [0.4, 0.5) is 0 Å². The van der Waals surface area contributed by atoms with Crippen LogP contribution in [0.25, 0.3) is 0 Å². The standard InChI is InChI=1S/C26H54O2/c1-3-5-7-9-10-11-12-13-14-15-16-17-18-19-20-22-24-28-26-25-27-23-21-8-6-4-2/h3-26H2,1-2H3. The van der Waals surface area contributed by atoms with Gasteiger partial charge in [0.05, 0.1) is 13.2 Å². The molecule has 0 saturated heterocycles. The van der Waals surface area contributed by atoms with E-state index in [1.54, 1.807) is 0 Å². The Balaban J connectivity index is 2.96. The van der Waals surface area contributed by atoms with Crippen molar-refractivity contribution in [3.63, 3.8) is 0 Å². The molecule has 0 unspecified atom stereocenters. The second-order valence-electron chi connectivity index (χ2n) is 8.59. The van der Waals surface area contributed by atoms with Crippen LogP contribution in [-0.4, -0.2) is 26.4 Å². The Morgan fingerprint density at radius 2 is 0.536 bits per heavy atom. The van der Waals surface area contributed by atoms with Crippen LogP contribution in [0.5, 0.6) is 0 Å². The van der Waals surface area contributed by atoms with E-state index in [9.17, 15) is 0 Å². The average molecular weight is 399 g/mol. The first-order valence-corrected chi connectivity index (χ1v) is 13.1. The van der Waals surface area contributed by atoms with Gasteiger partial charge in [0.25, 0.3) is 0 Å². The van der Waals surface area contributed by atoms with Gasteiger partial charge in [0.15, 0.2) is 0 Å². The molecular weight excluding hydrogens is 344 g/mol. The van der Waals surface area contributed by atoms with E-state index in [0.29, 0.717) is 0 Å². The smallest absolute Gasteiger partial charge is 0.0700 e. The SMILES string of the molecule is CCCCCCCCCCCCCCCCCCOCCOCCCCCC. The number of hydrogen-bond acceptors (Lipinski definition) is 2. The molecule has 0 amide bonds. The molecule has 170 valence electrons. The molecular formula is C26H54O2. The highest BCUT2D eigenvalue weighted by molar-refractivity contribution is 4.50. The van der Waals surface area contributed by atoms with Crippen molar-refractivity contribution in [1.29, 1.82) is 0 Å². The summed E-state index contributed by atoms with van der Waals surface area (Å²) in [7, 11) is 0. The van der Waals surface area contributed by atoms with Crippen LogP contribution < -0.4 is 0 Å². The maximum Gasteiger partial charge on any atom is 0.0700 e. The van der Waals surface area contributed by atoms with Gasteiger partial charge < -0.3 is 9.47 Å². The normalized spacial score (nSPS) is 11.4. The zero-order valence-corrected chi connectivity index (χ0v) is 19.8. The molecule has 0 aromatic carbocycles. The monoisotopic (exact) mass is 398 g/mol. The van der Waals surface area contributed by atoms with E-state index in [1.165, 1.54) is 128 Å². The molecule has 28 heavy (non-hydrogen) atoms. The Morgan fingerprint density at radius 3 is 0.857 bits per heavy atom. The topological polar surface area (TPSA) is 18.5 Å². The van der Waals surface area contributed by atoms with E-state index in [-0.39, 0.29) is 0 Å². The second kappa shape index (κ2) is 26.9. The number of hydrogen-bond donors (Lipinski definition) is 0. The fraction of sp³-hybridized carbons (Fsp3) is 1.00. The van der Waals surface area contributed by atoms with Gasteiger partial charge in [0, 0.05) is 13.2 Å². The van der Waals surface area contributed by atoms with Crippen LogP contribution in [0.3, 0.4) is 0 Å². The zero-order valence-electron chi connectivity index (χ0n) is 19.8. The van der Waals surface area contributed by atoms with E-state index < -0.39 is 0 Å². The fourth-order valence-corrected chi connectivity index (χ4v) is 3.71. The van der Waals surface area contributed by atoms with Gasteiger partial charge in [0.1, 0.15) is 0 Å². The molecule has 2 nitrogen and oxygen atoms in total. The van der Waals surface area contributed by atoms with E-state index in [4.69, 9.17) is 9.47 Å². The lowest BCUT2D eigenvalue weighted by Crippen LogP contribution is -2.06. The van der Waals surface area contributed by atoms with Crippen LogP contribution in [0.1, 0.15) is 142 Å². The van der Waals surface area contributed by atoms with Gasteiger partial charge in [-0.25, -0.2) is 0 Å². The van der Waals surface area contributed by atoms with Crippen LogP contribution in [-0.2, 0) is 9.47 Å². The van der Waals surface area contributed by atoms with Crippen LogP contribution >= 0.6 is 0 Å². The van der Waals surface area contributed by atoms with Crippen LogP contribution in [0.15, 0.2) is 0 Å². The Bertz CT molecular complexity index is 229. The molecule has 0 rings (SSSR count). The first-order chi connectivity index (χ1) is 13.9. The first kappa shape index (κ1) is 27.9. The third kappa shape index (κ3) is 25.9. The molecule has 0 fully saturated rings. The van der Waals surface area contributed by atoms with Crippen molar-refractivity contribution in [3.05, 3.63) is 0 Å². The zero-order chi connectivity index (χ0) is 20.4. The molecule has 0 spiro atoms. The van der Waals surface area contributed by atoms with Gasteiger partial charge in [-0.15, -0.1) is 0 Å². The Hall–Kier alpha value is -0.0800. The molecule has 0 radical (unpaired) electrons. The van der Waals surface area contributed by atoms with Gasteiger partial charge >= 0.3 is 0 Å². The largest absolute Gasteiger partial charge is 0.379 e. The van der Waals surface area contributed by atoms with Gasteiger partial charge in [-0.05, 0) is 12.8 Å². The highest BCUT2D eigenvalue weighted by Crippen LogP contribution is 2.13. The van der Waals surface area contributed by atoms with Gasteiger partial charge in [-0.1, -0.05) is 129 Å². The second-order valence-corrected chi connectivity index (χ2v) is 8.59. The number of unbranched alkanes of at least 4 members (excludes halogenated alkanes) is 18. The first-order valence-electron chi connectivity index (χ1n) is 13.1. The van der Waals surface area contributed by atoms with Crippen molar-refractivity contribution < 1.29 is 9.47 Å². The minimum Gasteiger partial charge on any atom is -0.379 e. The average Bonchev–Trinajstić information content (AvgIpc) is 2.71. The van der Waals surface area contributed by atoms with Crippen molar-refractivity contribution in [1.82, 2.24) is 0 Å². The third-order valence-corrected chi connectivity index (χ3v) is 5.66. The highest BCUT2D eigenvalue weighted by atomic mass is 16.5. The number of ether oxygens (including phenoxy) is 2. The third-order valence-electron chi connectivity index (χ3n) is 5.66. The Labute approximate surface area is 178 Å². The summed E-state index contributed by atoms with van der Waals surface area (Å²) in [6, 6.07) is 0. The summed E-state index contributed by atoms with van der Waals surface area (Å²) in [5.74, 6) is 0. The summed E-state index contributed by atoms with van der Waals surface area (Å²) in [6.45, 7) is 7.90. The van der Waals surface area contributed by atoms with Crippen LogP contribution in [0.2, 0.25) is 0 Å². The van der Waals surface area contributed by atoms with Crippen LogP contribution in [0, 0.1) is 0 Å². The summed E-state index contributed by atoms with van der Waals surface area (Å²) in [6.07, 6.45) is 27.9. The summed E-state index contributed by atoms with van der Waals surface area (Å²) >= 11 is 0. The number of rotatable bonds is 25. The Morgan fingerprint density at radius 1 is 0.286 bits per heavy atom. The summed E-state index contributed by atoms with van der Waals surface area (Å²) in [5.41, 5.74) is 0. The molecule has 0 N–H and O–H groups in total. The van der Waals surface area contributed by atoms with Crippen molar-refractivity contribution in [2.75, 3.05) is 26.4 Å². The van der Waals surface area contributed by atoms with E-state index in [2.05, 4.69) is 13.8 Å². The molecule has 0 aliphatic rings. The molecule has 0 atom stereocenters.